The molecule has 7 heteroatoms. The lowest BCUT2D eigenvalue weighted by molar-refractivity contribution is -0.117. The van der Waals surface area contributed by atoms with E-state index in [9.17, 15) is 19.2 Å². The van der Waals surface area contributed by atoms with Crippen LogP contribution >= 0.6 is 11.8 Å². The van der Waals surface area contributed by atoms with Crippen LogP contribution in [0.3, 0.4) is 0 Å². The number of nitrogens with zero attached hydrogens (tertiary/aromatic N) is 2. The predicted octanol–water partition coefficient (Wildman–Crippen LogP) is 5.51. The second kappa shape index (κ2) is 9.94. The highest BCUT2D eigenvalue weighted by Crippen LogP contribution is 2.42. The maximum Gasteiger partial charge on any atom is 0.269 e. The molecular formula is C27H22FN3O2S. The Bertz CT molecular complexity index is 1310. The molecule has 1 saturated heterocycles. The number of amides is 2. The van der Waals surface area contributed by atoms with E-state index in [4.69, 9.17) is 0 Å². The molecule has 1 heterocycles. The number of carbonyl (C=O) groups excluding carboxylic acids is 2. The molecule has 0 radical (unpaired) electrons. The molecule has 1 atom stereocenters. The van der Waals surface area contributed by atoms with Crippen molar-refractivity contribution in [2.75, 3.05) is 10.2 Å². The molecule has 0 spiro atoms. The van der Waals surface area contributed by atoms with E-state index in [0.717, 1.165) is 16.7 Å². The van der Waals surface area contributed by atoms with E-state index in [1.165, 1.54) is 40.9 Å². The summed E-state index contributed by atoms with van der Waals surface area (Å²) < 4.78 is 13.2. The van der Waals surface area contributed by atoms with Gasteiger partial charge in [0.25, 0.3) is 5.91 Å². The number of nitriles is 1. The van der Waals surface area contributed by atoms with Crippen LogP contribution in [0.2, 0.25) is 0 Å². The van der Waals surface area contributed by atoms with Gasteiger partial charge in [-0.25, -0.2) is 4.39 Å². The number of aryl methyl sites for hydroxylation is 2. The summed E-state index contributed by atoms with van der Waals surface area (Å²) in [5.41, 5.74) is 3.90. The molecule has 4 rings (SSSR count). The third-order valence-corrected chi connectivity index (χ3v) is 6.67. The summed E-state index contributed by atoms with van der Waals surface area (Å²) in [6.07, 6.45) is 0.468. The molecule has 1 aliphatic heterocycles. The van der Waals surface area contributed by atoms with Crippen molar-refractivity contribution in [1.82, 2.24) is 0 Å². The summed E-state index contributed by atoms with van der Waals surface area (Å²) in [5, 5.41) is 12.3. The molecule has 0 aromatic heterocycles. The molecule has 0 saturated carbocycles. The summed E-state index contributed by atoms with van der Waals surface area (Å²) in [4.78, 5) is 28.0. The highest BCUT2D eigenvalue weighted by Gasteiger charge is 2.40. The Morgan fingerprint density at radius 2 is 1.76 bits per heavy atom. The molecule has 34 heavy (non-hydrogen) atoms. The Kier molecular flexibility index (Phi) is 6.80. The summed E-state index contributed by atoms with van der Waals surface area (Å²) >= 11 is 1.21. The molecule has 1 fully saturated rings. The fraction of sp³-hybridized carbons (Fsp3) is 0.148. The standard InChI is InChI=1S/C27H22FN3O2S/c1-17-6-12-22(13-7-17)31-26(33)24(15-19-5-3-4-18(2)14-19)34-27(31)23(16-29)25(32)30-21-10-8-20(28)9-11-21/h3-14,24H,15H2,1-2H3,(H,30,32). The lowest BCUT2D eigenvalue weighted by Crippen LogP contribution is -2.30. The second-order valence-electron chi connectivity index (χ2n) is 8.06. The van der Waals surface area contributed by atoms with Crippen LogP contribution in [0.1, 0.15) is 16.7 Å². The van der Waals surface area contributed by atoms with Crippen molar-refractivity contribution in [3.8, 4) is 6.07 Å². The Labute approximate surface area is 201 Å². The van der Waals surface area contributed by atoms with Gasteiger partial charge >= 0.3 is 0 Å². The van der Waals surface area contributed by atoms with E-state index >= 15 is 0 Å². The Hall–Kier alpha value is -3.89. The van der Waals surface area contributed by atoms with Crippen LogP contribution in [0, 0.1) is 31.0 Å². The summed E-state index contributed by atoms with van der Waals surface area (Å²) in [6, 6.07) is 22.5. The number of thioether (sulfide) groups is 1. The zero-order valence-electron chi connectivity index (χ0n) is 18.7. The molecule has 1 aliphatic rings. The monoisotopic (exact) mass is 471 g/mol. The number of hydrogen-bond acceptors (Lipinski definition) is 4. The maximum absolute atomic E-state index is 13.5. The van der Waals surface area contributed by atoms with Crippen molar-refractivity contribution in [1.29, 1.82) is 5.26 Å². The minimum atomic E-state index is -0.655. The first-order valence-electron chi connectivity index (χ1n) is 10.7. The van der Waals surface area contributed by atoms with Gasteiger partial charge in [0.2, 0.25) is 5.91 Å². The van der Waals surface area contributed by atoms with Crippen molar-refractivity contribution in [2.45, 2.75) is 25.5 Å². The first-order chi connectivity index (χ1) is 16.4. The van der Waals surface area contributed by atoms with Gasteiger partial charge in [-0.1, -0.05) is 59.3 Å². The van der Waals surface area contributed by atoms with E-state index in [0.29, 0.717) is 17.8 Å². The maximum atomic E-state index is 13.5. The zero-order valence-corrected chi connectivity index (χ0v) is 19.5. The fourth-order valence-electron chi connectivity index (χ4n) is 3.70. The smallest absolute Gasteiger partial charge is 0.269 e. The van der Waals surface area contributed by atoms with E-state index < -0.39 is 17.0 Å². The lowest BCUT2D eigenvalue weighted by atomic mass is 10.1. The zero-order chi connectivity index (χ0) is 24.2. The number of benzene rings is 3. The number of halogens is 1. The van der Waals surface area contributed by atoms with Gasteiger partial charge in [-0.15, -0.1) is 0 Å². The van der Waals surface area contributed by atoms with Crippen LogP contribution in [0.5, 0.6) is 0 Å². The molecule has 2 amide bonds. The second-order valence-corrected chi connectivity index (χ2v) is 9.25. The molecule has 0 bridgehead atoms. The van der Waals surface area contributed by atoms with Crippen molar-refractivity contribution in [3.05, 3.63) is 106 Å². The van der Waals surface area contributed by atoms with Gasteiger partial charge in [-0.3, -0.25) is 14.5 Å². The van der Waals surface area contributed by atoms with Crippen molar-refractivity contribution < 1.29 is 14.0 Å². The molecular weight excluding hydrogens is 449 g/mol. The number of carbonyl (C=O) groups is 2. The van der Waals surface area contributed by atoms with Gasteiger partial charge in [0.1, 0.15) is 22.5 Å². The summed E-state index contributed by atoms with van der Waals surface area (Å²) in [5.74, 6) is -1.27. The van der Waals surface area contributed by atoms with E-state index in [2.05, 4.69) is 5.32 Å². The average Bonchev–Trinajstić information content (AvgIpc) is 3.12. The van der Waals surface area contributed by atoms with Crippen molar-refractivity contribution >= 4 is 35.0 Å². The number of anilines is 2. The van der Waals surface area contributed by atoms with E-state index in [1.54, 1.807) is 12.1 Å². The molecule has 5 nitrogen and oxygen atoms in total. The minimum Gasteiger partial charge on any atom is -0.321 e. The summed E-state index contributed by atoms with van der Waals surface area (Å²) in [6.45, 7) is 3.93. The molecule has 1 unspecified atom stereocenters. The van der Waals surface area contributed by atoms with Crippen LogP contribution < -0.4 is 10.2 Å². The van der Waals surface area contributed by atoms with Crippen LogP contribution in [-0.2, 0) is 16.0 Å². The first kappa shape index (κ1) is 23.3. The topological polar surface area (TPSA) is 73.2 Å². The molecule has 1 N–H and O–H groups in total. The molecule has 3 aromatic carbocycles. The quantitative estimate of drug-likeness (QED) is 0.394. The van der Waals surface area contributed by atoms with Crippen molar-refractivity contribution in [3.63, 3.8) is 0 Å². The number of rotatable bonds is 5. The highest BCUT2D eigenvalue weighted by molar-refractivity contribution is 8.05. The normalized spacial score (nSPS) is 16.8. The van der Waals surface area contributed by atoms with E-state index in [1.807, 2.05) is 56.3 Å². The largest absolute Gasteiger partial charge is 0.321 e. The molecule has 0 aliphatic carbocycles. The van der Waals surface area contributed by atoms with Gasteiger partial charge in [0, 0.05) is 11.4 Å². The highest BCUT2D eigenvalue weighted by atomic mass is 32.2. The van der Waals surface area contributed by atoms with Gasteiger partial charge in [-0.2, -0.15) is 5.26 Å². The fourth-order valence-corrected chi connectivity index (χ4v) is 5.00. The lowest BCUT2D eigenvalue weighted by Gasteiger charge is -2.19. The number of hydrogen-bond donors (Lipinski definition) is 1. The van der Waals surface area contributed by atoms with Gasteiger partial charge < -0.3 is 5.32 Å². The Balaban J connectivity index is 1.72. The summed E-state index contributed by atoms with van der Waals surface area (Å²) in [7, 11) is 0. The Morgan fingerprint density at radius 3 is 2.41 bits per heavy atom. The van der Waals surface area contributed by atoms with Gasteiger partial charge in [-0.05, 0) is 62.2 Å². The van der Waals surface area contributed by atoms with Gasteiger partial charge in [0.15, 0.2) is 0 Å². The SMILES string of the molecule is Cc1ccc(N2C(=O)C(Cc3cccc(C)c3)SC2=C(C#N)C(=O)Nc2ccc(F)cc2)cc1. The Morgan fingerprint density at radius 1 is 1.06 bits per heavy atom. The minimum absolute atomic E-state index is 0.171. The van der Waals surface area contributed by atoms with E-state index in [-0.39, 0.29) is 16.5 Å². The number of nitrogens with one attached hydrogen (secondary N) is 1. The third kappa shape index (κ3) is 5.03. The molecule has 170 valence electrons. The predicted molar refractivity (Wildman–Crippen MR) is 133 cm³/mol. The third-order valence-electron chi connectivity index (χ3n) is 5.40. The first-order valence-corrected chi connectivity index (χ1v) is 11.6. The van der Waals surface area contributed by atoms with Crippen LogP contribution in [0.15, 0.2) is 83.4 Å². The van der Waals surface area contributed by atoms with Crippen LogP contribution in [-0.4, -0.2) is 17.1 Å². The van der Waals surface area contributed by atoms with Crippen LogP contribution in [0.25, 0.3) is 0 Å². The molecule has 3 aromatic rings. The van der Waals surface area contributed by atoms with Crippen LogP contribution in [0.4, 0.5) is 15.8 Å². The van der Waals surface area contributed by atoms with Gasteiger partial charge in [0.05, 0.1) is 5.25 Å². The average molecular weight is 472 g/mol. The van der Waals surface area contributed by atoms with Crippen molar-refractivity contribution in [2.24, 2.45) is 0 Å².